The summed E-state index contributed by atoms with van der Waals surface area (Å²) >= 11 is 0. The third-order valence-corrected chi connectivity index (χ3v) is 3.51. The van der Waals surface area contributed by atoms with Gasteiger partial charge in [-0.1, -0.05) is 12.8 Å². The van der Waals surface area contributed by atoms with E-state index in [0.717, 1.165) is 6.42 Å². The summed E-state index contributed by atoms with van der Waals surface area (Å²) in [6.45, 7) is 0.00505. The number of ether oxygens (including phenoxy) is 1. The summed E-state index contributed by atoms with van der Waals surface area (Å²) in [5.41, 5.74) is 0. The van der Waals surface area contributed by atoms with Gasteiger partial charge in [0.1, 0.15) is 12.2 Å². The number of rotatable bonds is 3. The lowest BCUT2D eigenvalue weighted by Crippen LogP contribution is -2.29. The molecule has 0 aromatic carbocycles. The molecule has 3 unspecified atom stereocenters. The van der Waals surface area contributed by atoms with Crippen LogP contribution in [0.25, 0.3) is 0 Å². The van der Waals surface area contributed by atoms with Gasteiger partial charge in [0.15, 0.2) is 0 Å². The molecule has 1 saturated heterocycles. The quantitative estimate of drug-likeness (QED) is 0.656. The predicted molar refractivity (Wildman–Crippen MR) is 51.4 cm³/mol. The van der Waals surface area contributed by atoms with Crippen LogP contribution in [-0.2, 0) is 9.57 Å². The van der Waals surface area contributed by atoms with Crippen LogP contribution < -0.4 is 5.90 Å². The van der Waals surface area contributed by atoms with E-state index in [1.54, 1.807) is 0 Å². The van der Waals surface area contributed by atoms with Gasteiger partial charge in [-0.25, -0.2) is 5.90 Å². The standard InChI is InChI=1S/C10H19NO3/c11-14-9-5-8(13-10(9)6-12)7-3-1-2-4-7/h7-10,12H,1-6,11H2. The number of aliphatic hydroxyl groups is 1. The van der Waals surface area contributed by atoms with Gasteiger partial charge in [0.2, 0.25) is 0 Å². The van der Waals surface area contributed by atoms with Crippen LogP contribution in [0.2, 0.25) is 0 Å². The van der Waals surface area contributed by atoms with Gasteiger partial charge in [-0.2, -0.15) is 0 Å². The Hall–Kier alpha value is -0.160. The maximum atomic E-state index is 9.07. The van der Waals surface area contributed by atoms with Crippen LogP contribution in [0.5, 0.6) is 0 Å². The molecule has 3 N–H and O–H groups in total. The number of hydrogen-bond donors (Lipinski definition) is 2. The predicted octanol–water partition coefficient (Wildman–Crippen LogP) is 0.585. The summed E-state index contributed by atoms with van der Waals surface area (Å²) < 4.78 is 5.74. The van der Waals surface area contributed by atoms with E-state index < -0.39 is 0 Å². The molecule has 2 aliphatic rings. The fourth-order valence-electron chi connectivity index (χ4n) is 2.68. The van der Waals surface area contributed by atoms with Crippen molar-refractivity contribution in [3.05, 3.63) is 0 Å². The van der Waals surface area contributed by atoms with E-state index in [1.807, 2.05) is 0 Å². The highest BCUT2D eigenvalue weighted by Gasteiger charge is 2.39. The highest BCUT2D eigenvalue weighted by Crippen LogP contribution is 2.36. The lowest BCUT2D eigenvalue weighted by atomic mass is 9.97. The summed E-state index contributed by atoms with van der Waals surface area (Å²) in [5.74, 6) is 5.83. The minimum absolute atomic E-state index is 0.00505. The fourth-order valence-corrected chi connectivity index (χ4v) is 2.68. The van der Waals surface area contributed by atoms with Crippen molar-refractivity contribution in [1.29, 1.82) is 0 Å². The fraction of sp³-hybridized carbons (Fsp3) is 1.00. The molecule has 4 heteroatoms. The van der Waals surface area contributed by atoms with E-state index in [9.17, 15) is 0 Å². The van der Waals surface area contributed by atoms with Crippen LogP contribution in [0.4, 0.5) is 0 Å². The Morgan fingerprint density at radius 1 is 1.36 bits per heavy atom. The second kappa shape index (κ2) is 4.57. The molecule has 0 aromatic heterocycles. The number of aliphatic hydroxyl groups excluding tert-OH is 1. The molecular weight excluding hydrogens is 182 g/mol. The van der Waals surface area contributed by atoms with Crippen LogP contribution in [0.1, 0.15) is 32.1 Å². The highest BCUT2D eigenvalue weighted by atomic mass is 16.6. The van der Waals surface area contributed by atoms with E-state index in [4.69, 9.17) is 20.6 Å². The first kappa shape index (κ1) is 10.4. The van der Waals surface area contributed by atoms with Crippen molar-refractivity contribution < 1.29 is 14.7 Å². The van der Waals surface area contributed by atoms with E-state index in [1.165, 1.54) is 25.7 Å². The minimum Gasteiger partial charge on any atom is -0.394 e. The molecule has 0 radical (unpaired) electrons. The van der Waals surface area contributed by atoms with Crippen LogP contribution in [-0.4, -0.2) is 30.0 Å². The topological polar surface area (TPSA) is 64.7 Å². The summed E-state index contributed by atoms with van der Waals surface area (Å²) in [7, 11) is 0. The zero-order chi connectivity index (χ0) is 9.97. The second-order valence-corrected chi connectivity index (χ2v) is 4.35. The average molecular weight is 201 g/mol. The molecule has 2 rings (SSSR count). The summed E-state index contributed by atoms with van der Waals surface area (Å²) in [6, 6.07) is 0. The van der Waals surface area contributed by atoms with E-state index in [-0.39, 0.29) is 24.9 Å². The average Bonchev–Trinajstić information content (AvgIpc) is 2.85. The Morgan fingerprint density at radius 3 is 2.57 bits per heavy atom. The zero-order valence-corrected chi connectivity index (χ0v) is 8.39. The third-order valence-electron chi connectivity index (χ3n) is 3.51. The van der Waals surface area contributed by atoms with Gasteiger partial charge in [0.25, 0.3) is 0 Å². The van der Waals surface area contributed by atoms with E-state index in [0.29, 0.717) is 5.92 Å². The maximum absolute atomic E-state index is 9.07. The lowest BCUT2D eigenvalue weighted by Gasteiger charge is -2.17. The summed E-state index contributed by atoms with van der Waals surface area (Å²) in [6.07, 6.45) is 5.87. The maximum Gasteiger partial charge on any atom is 0.110 e. The third kappa shape index (κ3) is 1.93. The molecule has 0 amide bonds. The van der Waals surface area contributed by atoms with Crippen molar-refractivity contribution in [2.75, 3.05) is 6.61 Å². The molecule has 14 heavy (non-hydrogen) atoms. The Morgan fingerprint density at radius 2 is 2.07 bits per heavy atom. The van der Waals surface area contributed by atoms with Gasteiger partial charge < -0.3 is 9.84 Å². The summed E-state index contributed by atoms with van der Waals surface area (Å²) in [4.78, 5) is 4.82. The Labute approximate surface area is 84.3 Å². The number of hydrogen-bond acceptors (Lipinski definition) is 4. The molecule has 1 aliphatic heterocycles. The van der Waals surface area contributed by atoms with Crippen molar-refractivity contribution in [3.8, 4) is 0 Å². The van der Waals surface area contributed by atoms with Crippen molar-refractivity contribution >= 4 is 0 Å². The van der Waals surface area contributed by atoms with Gasteiger partial charge in [-0.05, 0) is 18.8 Å². The van der Waals surface area contributed by atoms with E-state index >= 15 is 0 Å². The smallest absolute Gasteiger partial charge is 0.110 e. The monoisotopic (exact) mass is 201 g/mol. The molecule has 1 saturated carbocycles. The van der Waals surface area contributed by atoms with Gasteiger partial charge in [-0.15, -0.1) is 0 Å². The Kier molecular flexibility index (Phi) is 3.38. The molecule has 1 heterocycles. The lowest BCUT2D eigenvalue weighted by molar-refractivity contribution is -0.0569. The van der Waals surface area contributed by atoms with Crippen LogP contribution >= 0.6 is 0 Å². The number of nitrogens with two attached hydrogens (primary N) is 1. The molecule has 82 valence electrons. The van der Waals surface area contributed by atoms with Gasteiger partial charge in [-0.3, -0.25) is 4.84 Å². The largest absolute Gasteiger partial charge is 0.394 e. The van der Waals surface area contributed by atoms with Crippen molar-refractivity contribution in [3.63, 3.8) is 0 Å². The van der Waals surface area contributed by atoms with Gasteiger partial charge in [0.05, 0.1) is 12.7 Å². The Bertz CT molecular complexity index is 170. The van der Waals surface area contributed by atoms with Gasteiger partial charge >= 0.3 is 0 Å². The first-order chi connectivity index (χ1) is 6.85. The van der Waals surface area contributed by atoms with Gasteiger partial charge in [0, 0.05) is 6.42 Å². The molecule has 0 bridgehead atoms. The minimum atomic E-state index is -0.217. The van der Waals surface area contributed by atoms with Crippen molar-refractivity contribution in [2.24, 2.45) is 11.8 Å². The molecule has 0 aromatic rings. The van der Waals surface area contributed by atoms with Crippen LogP contribution in [0, 0.1) is 5.92 Å². The first-order valence-corrected chi connectivity index (χ1v) is 5.47. The molecular formula is C10H19NO3. The zero-order valence-electron chi connectivity index (χ0n) is 8.39. The SMILES string of the molecule is NOC1CC(C2CCCC2)OC1CO. The second-order valence-electron chi connectivity index (χ2n) is 4.35. The Balaban J connectivity index is 1.90. The van der Waals surface area contributed by atoms with Crippen LogP contribution in [0.3, 0.4) is 0 Å². The molecule has 0 spiro atoms. The van der Waals surface area contributed by atoms with Crippen molar-refractivity contribution in [1.82, 2.24) is 0 Å². The van der Waals surface area contributed by atoms with E-state index in [2.05, 4.69) is 0 Å². The normalized spacial score (nSPS) is 39.4. The first-order valence-electron chi connectivity index (χ1n) is 5.47. The van der Waals surface area contributed by atoms with Crippen molar-refractivity contribution in [2.45, 2.75) is 50.4 Å². The molecule has 2 fully saturated rings. The molecule has 3 atom stereocenters. The van der Waals surface area contributed by atoms with Crippen LogP contribution in [0.15, 0.2) is 0 Å². The summed E-state index contributed by atoms with van der Waals surface area (Å²) in [5, 5.41) is 9.07. The molecule has 4 nitrogen and oxygen atoms in total. The molecule has 1 aliphatic carbocycles. The highest BCUT2D eigenvalue weighted by molar-refractivity contribution is 4.88.